The first-order chi connectivity index (χ1) is 18.2. The average molecular weight is 524 g/mol. The molecule has 0 saturated carbocycles. The minimum Gasteiger partial charge on any atom is -0.493 e. The Balaban J connectivity index is 1.56. The van der Waals surface area contributed by atoms with Crippen molar-refractivity contribution in [3.8, 4) is 5.88 Å². The number of fused-ring (bicyclic) bond motifs is 1. The van der Waals surface area contributed by atoms with Gasteiger partial charge in [0.25, 0.3) is 0 Å². The molecule has 0 fully saturated rings. The molecule has 4 N–H and O–H groups in total. The zero-order valence-electron chi connectivity index (χ0n) is 20.8. The molecule has 2 unspecified atom stereocenters. The van der Waals surface area contributed by atoms with Crippen molar-refractivity contribution >= 4 is 16.9 Å². The standard InChI is InChI=1S/C29H28F3N3O3/c1-2-17-4-3-5-18(8-17)15-34-16-27(25(33)11-19-9-21(31)12-22(32)10-19)38-29(37)24-14-28(36)35-26-7-6-20(30)13-23(24)26/h3-10,12-14,25,27,34H,2,11,15-16,33H2,1H3,(H,35,36). The largest absolute Gasteiger partial charge is 0.493 e. The van der Waals surface area contributed by atoms with Crippen LogP contribution in [0.2, 0.25) is 0 Å². The lowest BCUT2D eigenvalue weighted by atomic mass is 10.0. The van der Waals surface area contributed by atoms with Crippen molar-refractivity contribution in [2.45, 2.75) is 38.5 Å². The molecule has 1 aromatic heterocycles. The van der Waals surface area contributed by atoms with E-state index in [1.807, 2.05) is 18.2 Å². The van der Waals surface area contributed by atoms with Crippen LogP contribution >= 0.6 is 0 Å². The van der Waals surface area contributed by atoms with E-state index in [1.165, 1.54) is 23.8 Å². The van der Waals surface area contributed by atoms with Crippen molar-refractivity contribution in [3.63, 3.8) is 0 Å². The molecule has 0 aliphatic rings. The third kappa shape index (κ3) is 6.87. The average Bonchev–Trinajstić information content (AvgIpc) is 2.87. The Labute approximate surface area is 218 Å². The van der Waals surface area contributed by atoms with Crippen molar-refractivity contribution < 1.29 is 27.8 Å². The molecular formula is C29H28F3N3O3. The summed E-state index contributed by atoms with van der Waals surface area (Å²) >= 11 is 0. The number of esters is 1. The van der Waals surface area contributed by atoms with Gasteiger partial charge in [-0.3, -0.25) is 0 Å². The maximum Gasteiger partial charge on any atom is 0.339 e. The number of nitrogens with one attached hydrogen (secondary N) is 1. The SMILES string of the molecule is CCc1cccc(CNCC(OC(=O)c2cc(O)nc3ccc(F)cc23)C(N)Cc2cc(F)cc(F)c2)c1. The van der Waals surface area contributed by atoms with Crippen molar-refractivity contribution in [1.29, 1.82) is 0 Å². The number of nitrogens with two attached hydrogens (primary N) is 1. The van der Waals surface area contributed by atoms with Crippen LogP contribution in [0.15, 0.2) is 66.7 Å². The van der Waals surface area contributed by atoms with Crippen LogP contribution < -0.4 is 11.1 Å². The normalized spacial score (nSPS) is 12.9. The van der Waals surface area contributed by atoms with E-state index in [-0.39, 0.29) is 29.4 Å². The Morgan fingerprint density at radius 2 is 1.71 bits per heavy atom. The van der Waals surface area contributed by atoms with Crippen LogP contribution in [0.5, 0.6) is 5.88 Å². The zero-order valence-corrected chi connectivity index (χ0v) is 20.8. The highest BCUT2D eigenvalue weighted by molar-refractivity contribution is 6.03. The van der Waals surface area contributed by atoms with Gasteiger partial charge in [-0.25, -0.2) is 22.9 Å². The fourth-order valence-corrected chi connectivity index (χ4v) is 4.29. The van der Waals surface area contributed by atoms with Gasteiger partial charge in [0.1, 0.15) is 23.6 Å². The van der Waals surface area contributed by atoms with E-state index in [1.54, 1.807) is 0 Å². The number of hydrogen-bond donors (Lipinski definition) is 3. The number of carbonyl (C=O) groups is 1. The third-order valence-electron chi connectivity index (χ3n) is 6.18. The van der Waals surface area contributed by atoms with Crippen LogP contribution in [0.3, 0.4) is 0 Å². The number of carbonyl (C=O) groups excluding carboxylic acids is 1. The van der Waals surface area contributed by atoms with Crippen molar-refractivity contribution in [2.75, 3.05) is 6.54 Å². The summed E-state index contributed by atoms with van der Waals surface area (Å²) in [5.74, 6) is -3.35. The second kappa shape index (κ2) is 12.1. The molecule has 0 bridgehead atoms. The highest BCUT2D eigenvalue weighted by atomic mass is 19.1. The molecular weight excluding hydrogens is 495 g/mol. The minimum atomic E-state index is -0.929. The molecule has 0 radical (unpaired) electrons. The van der Waals surface area contributed by atoms with Crippen LogP contribution in [0.4, 0.5) is 13.2 Å². The lowest BCUT2D eigenvalue weighted by Gasteiger charge is -2.25. The van der Waals surface area contributed by atoms with Crippen LogP contribution in [-0.4, -0.2) is 34.8 Å². The smallest absolute Gasteiger partial charge is 0.339 e. The van der Waals surface area contributed by atoms with Gasteiger partial charge in [-0.1, -0.05) is 31.2 Å². The number of nitrogens with zero attached hydrogens (tertiary/aromatic N) is 1. The maximum atomic E-state index is 13.9. The summed E-state index contributed by atoms with van der Waals surface area (Å²) in [5.41, 5.74) is 9.01. The molecule has 0 spiro atoms. The molecule has 0 aliphatic heterocycles. The van der Waals surface area contributed by atoms with E-state index in [9.17, 15) is 23.1 Å². The Morgan fingerprint density at radius 1 is 0.974 bits per heavy atom. The molecule has 1 heterocycles. The summed E-state index contributed by atoms with van der Waals surface area (Å²) in [5, 5.41) is 13.4. The van der Waals surface area contributed by atoms with Gasteiger partial charge in [-0.15, -0.1) is 0 Å². The number of pyridine rings is 1. The molecule has 4 rings (SSSR count). The summed E-state index contributed by atoms with van der Waals surface area (Å²) in [4.78, 5) is 17.1. The summed E-state index contributed by atoms with van der Waals surface area (Å²) in [7, 11) is 0. The van der Waals surface area contributed by atoms with Gasteiger partial charge in [-0.2, -0.15) is 0 Å². The molecule has 0 saturated heterocycles. The Kier molecular flexibility index (Phi) is 8.60. The fourth-order valence-electron chi connectivity index (χ4n) is 4.29. The van der Waals surface area contributed by atoms with E-state index in [4.69, 9.17) is 10.5 Å². The number of ether oxygens (including phenoxy) is 1. The van der Waals surface area contributed by atoms with Gasteiger partial charge in [0, 0.05) is 36.7 Å². The van der Waals surface area contributed by atoms with Crippen molar-refractivity contribution in [1.82, 2.24) is 10.3 Å². The summed E-state index contributed by atoms with van der Waals surface area (Å²) in [6.07, 6.45) is -0.0188. The molecule has 6 nitrogen and oxygen atoms in total. The molecule has 38 heavy (non-hydrogen) atoms. The van der Waals surface area contributed by atoms with E-state index < -0.39 is 41.4 Å². The van der Waals surface area contributed by atoms with Crippen molar-refractivity contribution in [2.24, 2.45) is 5.73 Å². The van der Waals surface area contributed by atoms with E-state index in [2.05, 4.69) is 23.3 Å². The van der Waals surface area contributed by atoms with Gasteiger partial charge in [0.2, 0.25) is 5.88 Å². The van der Waals surface area contributed by atoms with E-state index >= 15 is 0 Å². The lowest BCUT2D eigenvalue weighted by molar-refractivity contribution is 0.0240. The number of benzene rings is 3. The summed E-state index contributed by atoms with van der Waals surface area (Å²) < 4.78 is 47.2. The Bertz CT molecular complexity index is 1430. The third-order valence-corrected chi connectivity index (χ3v) is 6.18. The first-order valence-electron chi connectivity index (χ1n) is 12.2. The summed E-state index contributed by atoms with van der Waals surface area (Å²) in [6.45, 7) is 2.65. The molecule has 4 aromatic rings. The molecule has 0 amide bonds. The van der Waals surface area contributed by atoms with Gasteiger partial charge in [0.15, 0.2) is 0 Å². The molecule has 0 aliphatic carbocycles. The molecule has 198 valence electrons. The fraction of sp³-hybridized carbons (Fsp3) is 0.241. The lowest BCUT2D eigenvalue weighted by Crippen LogP contribution is -2.46. The van der Waals surface area contributed by atoms with Gasteiger partial charge in [0.05, 0.1) is 11.1 Å². The highest BCUT2D eigenvalue weighted by Crippen LogP contribution is 2.24. The van der Waals surface area contributed by atoms with Gasteiger partial charge < -0.3 is 20.9 Å². The quantitative estimate of drug-likeness (QED) is 0.258. The predicted octanol–water partition coefficient (Wildman–Crippen LogP) is 4.81. The number of aromatic nitrogens is 1. The monoisotopic (exact) mass is 523 g/mol. The first-order valence-corrected chi connectivity index (χ1v) is 12.2. The second-order valence-electron chi connectivity index (χ2n) is 9.08. The number of rotatable bonds is 10. The maximum absolute atomic E-state index is 13.9. The van der Waals surface area contributed by atoms with Crippen LogP contribution in [0, 0.1) is 17.5 Å². The van der Waals surface area contributed by atoms with E-state index in [0.29, 0.717) is 12.1 Å². The predicted molar refractivity (Wildman–Crippen MR) is 138 cm³/mol. The number of aromatic hydroxyl groups is 1. The Hall–Kier alpha value is -3.95. The van der Waals surface area contributed by atoms with Crippen LogP contribution in [0.1, 0.15) is 34.0 Å². The highest BCUT2D eigenvalue weighted by Gasteiger charge is 2.25. The Morgan fingerprint density at radius 3 is 2.45 bits per heavy atom. The zero-order chi connectivity index (χ0) is 27.2. The first kappa shape index (κ1) is 27.1. The van der Waals surface area contributed by atoms with Gasteiger partial charge in [-0.05, 0) is 59.9 Å². The van der Waals surface area contributed by atoms with Crippen LogP contribution in [-0.2, 0) is 24.1 Å². The molecule has 3 aromatic carbocycles. The van der Waals surface area contributed by atoms with Gasteiger partial charge >= 0.3 is 5.97 Å². The second-order valence-corrected chi connectivity index (χ2v) is 9.08. The number of halogens is 3. The summed E-state index contributed by atoms with van der Waals surface area (Å²) in [6, 6.07) is 15.0. The number of aryl methyl sites for hydroxylation is 1. The molecule has 2 atom stereocenters. The molecule has 9 heteroatoms. The minimum absolute atomic E-state index is 0.0244. The topological polar surface area (TPSA) is 97.5 Å². The van der Waals surface area contributed by atoms with E-state index in [0.717, 1.165) is 36.2 Å². The van der Waals surface area contributed by atoms with Crippen LogP contribution in [0.25, 0.3) is 10.9 Å². The van der Waals surface area contributed by atoms with Crippen molar-refractivity contribution in [3.05, 3.63) is 106 Å². The number of hydrogen-bond acceptors (Lipinski definition) is 6.